The first-order chi connectivity index (χ1) is 13.8. The van der Waals surface area contributed by atoms with Crippen LogP contribution in [0.4, 0.5) is 5.13 Å². The van der Waals surface area contributed by atoms with Crippen molar-refractivity contribution in [2.45, 2.75) is 11.4 Å². The summed E-state index contributed by atoms with van der Waals surface area (Å²) >= 11 is 6.27. The average Bonchev–Trinajstić information content (AvgIpc) is 3.07. The summed E-state index contributed by atoms with van der Waals surface area (Å²) in [7, 11) is -8.60. The topological polar surface area (TPSA) is 204 Å². The summed E-state index contributed by atoms with van der Waals surface area (Å²) in [6, 6.07) is -1.85. The van der Waals surface area contributed by atoms with Crippen LogP contribution in [0.25, 0.3) is 0 Å². The Morgan fingerprint density at radius 3 is 2.48 bits per heavy atom. The van der Waals surface area contributed by atoms with E-state index in [9.17, 15) is 35.8 Å². The minimum Gasteiger partial charge on any atom is -0.731 e. The number of halogens is 1. The summed E-state index contributed by atoms with van der Waals surface area (Å²) in [6.45, 7) is 0. The zero-order valence-electron chi connectivity index (χ0n) is 16.1. The van der Waals surface area contributed by atoms with Crippen LogP contribution in [-0.4, -0.2) is 84.8 Å². The molecule has 2 rings (SSSR count). The van der Waals surface area contributed by atoms with Crippen LogP contribution in [0.1, 0.15) is 5.69 Å². The Kier molecular flexibility index (Phi) is 9.40. The largest absolute Gasteiger partial charge is 1.00 e. The number of alkyl halides is 1. The van der Waals surface area contributed by atoms with E-state index < -0.39 is 55.0 Å². The number of nitrogens with one attached hydrogen (secondary N) is 2. The Morgan fingerprint density at radius 1 is 1.39 bits per heavy atom. The Bertz CT molecular complexity index is 1120. The van der Waals surface area contributed by atoms with Gasteiger partial charge >= 0.3 is 29.6 Å². The molecule has 3 amide bonds. The monoisotopic (exact) mass is 525 g/mol. The molecule has 0 unspecified atom stereocenters. The molecule has 0 spiro atoms. The number of carbonyl (C=O) groups excluding carboxylic acids is 3. The number of aromatic nitrogens is 1. The molecule has 1 aliphatic rings. The fraction of sp³-hybridized carbons (Fsp3) is 0.417. The molecule has 1 aromatic heterocycles. The van der Waals surface area contributed by atoms with Crippen molar-refractivity contribution < 1.29 is 70.2 Å². The van der Waals surface area contributed by atoms with Crippen molar-refractivity contribution in [3.05, 3.63) is 11.1 Å². The Balaban J connectivity index is 0.00000480. The van der Waals surface area contributed by atoms with Gasteiger partial charge in [0.2, 0.25) is 5.91 Å². The zero-order valence-corrected chi connectivity index (χ0v) is 21.3. The van der Waals surface area contributed by atoms with Crippen molar-refractivity contribution in [3.63, 3.8) is 0 Å². The predicted molar refractivity (Wildman–Crippen MR) is 102 cm³/mol. The van der Waals surface area contributed by atoms with Crippen molar-refractivity contribution in [1.82, 2.24) is 14.6 Å². The first-order valence-electron chi connectivity index (χ1n) is 7.53. The van der Waals surface area contributed by atoms with E-state index in [0.717, 1.165) is 18.4 Å². The van der Waals surface area contributed by atoms with Crippen molar-refractivity contribution in [3.8, 4) is 0 Å². The van der Waals surface area contributed by atoms with Gasteiger partial charge in [0, 0.05) is 11.6 Å². The molecule has 2 atom stereocenters. The predicted octanol–water partition coefficient (Wildman–Crippen LogP) is -5.17. The molecule has 1 saturated heterocycles. The molecular formula is C12H13ClN5NaO9S3. The van der Waals surface area contributed by atoms with Gasteiger partial charge in [-0.25, -0.2) is 26.1 Å². The fourth-order valence-electron chi connectivity index (χ4n) is 2.33. The van der Waals surface area contributed by atoms with Gasteiger partial charge in [-0.05, 0) is 0 Å². The molecule has 0 aromatic carbocycles. The minimum atomic E-state index is -5.42. The van der Waals surface area contributed by atoms with Crippen LogP contribution >= 0.6 is 22.9 Å². The Hall–Kier alpha value is -1.34. The Labute approximate surface area is 207 Å². The summed E-state index contributed by atoms with van der Waals surface area (Å²) in [6.07, 6.45) is 0.595. The van der Waals surface area contributed by atoms with Crippen LogP contribution in [0.3, 0.4) is 0 Å². The second-order valence-corrected chi connectivity index (χ2v) is 10.1. The standard InChI is InChI=1S/C12H14ClN5O9S3.Na/c1-27-17-7(5-4-28-12(14-5)15-6(19)3-13)9(20)16-8-10(21)18(30(24,25)26)11(8)29(2,22)23;/h4,8,11H,3H2,1-2H3,(H,16,20)(H,14,15,19)(H,24,25,26);/q;+1/p-1/t8-,11-;/m1./s1. The second-order valence-electron chi connectivity index (χ2n) is 5.61. The number of oxime groups is 1. The number of anilines is 1. The first-order valence-corrected chi connectivity index (χ1v) is 12.3. The molecule has 19 heteroatoms. The van der Waals surface area contributed by atoms with Gasteiger partial charge in [-0.15, -0.1) is 22.9 Å². The molecule has 0 aliphatic carbocycles. The second kappa shape index (κ2) is 10.5. The number of hydrogen-bond acceptors (Lipinski definition) is 12. The molecule has 1 fully saturated rings. The number of β-lactam (4-membered cyclic amide) rings is 1. The molecule has 31 heavy (non-hydrogen) atoms. The SMILES string of the molecule is CON=C(C(=O)N[C@@H]1C(=O)N(S(=O)(=O)[O-])[C@@H]1S(C)(=O)=O)c1csc(NC(=O)CCl)n1.[Na+]. The van der Waals surface area contributed by atoms with Crippen molar-refractivity contribution in [2.24, 2.45) is 5.16 Å². The van der Waals surface area contributed by atoms with E-state index in [1.165, 1.54) is 5.38 Å². The van der Waals surface area contributed by atoms with Gasteiger partial charge < -0.3 is 20.0 Å². The van der Waals surface area contributed by atoms with E-state index in [2.05, 4.69) is 20.3 Å². The van der Waals surface area contributed by atoms with Crippen LogP contribution < -0.4 is 40.2 Å². The van der Waals surface area contributed by atoms with Gasteiger partial charge in [0.15, 0.2) is 36.4 Å². The van der Waals surface area contributed by atoms with E-state index in [0.29, 0.717) is 6.26 Å². The number of nitrogens with zero attached hydrogens (tertiary/aromatic N) is 3. The molecule has 0 saturated carbocycles. The van der Waals surface area contributed by atoms with E-state index in [1.807, 2.05) is 5.32 Å². The maximum absolute atomic E-state index is 12.5. The third-order valence-electron chi connectivity index (χ3n) is 3.48. The molecule has 0 bridgehead atoms. The molecule has 1 aromatic rings. The fourth-order valence-corrected chi connectivity index (χ4v) is 5.73. The third kappa shape index (κ3) is 6.35. The molecular weight excluding hydrogens is 513 g/mol. The number of hydrogen-bond donors (Lipinski definition) is 2. The summed E-state index contributed by atoms with van der Waals surface area (Å²) in [5.41, 5.74) is -0.621. The third-order valence-corrected chi connectivity index (χ3v) is 6.86. The number of rotatable bonds is 8. The molecule has 14 nitrogen and oxygen atoms in total. The van der Waals surface area contributed by atoms with Gasteiger partial charge in [0.1, 0.15) is 24.7 Å². The van der Waals surface area contributed by atoms with Gasteiger partial charge in [-0.3, -0.25) is 14.4 Å². The van der Waals surface area contributed by atoms with Crippen LogP contribution in [0.5, 0.6) is 0 Å². The quantitative estimate of drug-likeness (QED) is 0.0824. The van der Waals surface area contributed by atoms with Crippen molar-refractivity contribution in [2.75, 3.05) is 24.6 Å². The maximum Gasteiger partial charge on any atom is 1.00 e. The molecule has 1 aliphatic heterocycles. The van der Waals surface area contributed by atoms with E-state index in [4.69, 9.17) is 11.6 Å². The molecule has 2 N–H and O–H groups in total. The summed E-state index contributed by atoms with van der Waals surface area (Å²) in [5, 5.41) is 7.03. The van der Waals surface area contributed by atoms with Crippen molar-refractivity contribution in [1.29, 1.82) is 0 Å². The number of amides is 3. The molecule has 0 radical (unpaired) electrons. The smallest absolute Gasteiger partial charge is 0.731 e. The van der Waals surface area contributed by atoms with Crippen LogP contribution in [0.15, 0.2) is 10.5 Å². The maximum atomic E-state index is 12.5. The number of sulfone groups is 1. The summed E-state index contributed by atoms with van der Waals surface area (Å²) in [5.74, 6) is -3.49. The van der Waals surface area contributed by atoms with E-state index in [-0.39, 0.29) is 50.6 Å². The van der Waals surface area contributed by atoms with Gasteiger partial charge in [-0.2, -0.15) is 0 Å². The summed E-state index contributed by atoms with van der Waals surface area (Å²) in [4.78, 5) is 44.3. The Morgan fingerprint density at radius 2 is 2.00 bits per heavy atom. The molecule has 166 valence electrons. The molecule has 2 heterocycles. The van der Waals surface area contributed by atoms with Crippen LogP contribution in [0, 0.1) is 0 Å². The zero-order chi connectivity index (χ0) is 22.9. The minimum absolute atomic E-state index is 0. The first kappa shape index (κ1) is 27.7. The van der Waals surface area contributed by atoms with Crippen molar-refractivity contribution >= 4 is 71.6 Å². The van der Waals surface area contributed by atoms with Gasteiger partial charge in [-0.1, -0.05) is 5.16 Å². The number of carbonyl (C=O) groups is 3. The normalized spacial score (nSPS) is 19.2. The van der Waals surface area contributed by atoms with Gasteiger partial charge in [0.05, 0.1) is 0 Å². The average molecular weight is 526 g/mol. The van der Waals surface area contributed by atoms with E-state index in [1.54, 1.807) is 0 Å². The number of thiazole rings is 1. The van der Waals surface area contributed by atoms with Crippen LogP contribution in [-0.2, 0) is 39.4 Å². The summed E-state index contributed by atoms with van der Waals surface area (Å²) < 4.78 is 56.8. The van der Waals surface area contributed by atoms with Crippen LogP contribution in [0.2, 0.25) is 0 Å². The van der Waals surface area contributed by atoms with E-state index >= 15 is 0 Å². The van der Waals surface area contributed by atoms with Gasteiger partial charge in [0.25, 0.3) is 11.8 Å².